The van der Waals surface area contributed by atoms with Crippen LogP contribution in [0.3, 0.4) is 0 Å². The molecule has 0 aliphatic carbocycles. The van der Waals surface area contributed by atoms with Crippen LogP contribution in [0.1, 0.15) is 22.8 Å². The van der Waals surface area contributed by atoms with Gasteiger partial charge in [0, 0.05) is 18.1 Å². The Labute approximate surface area is 172 Å². The third-order valence-electron chi connectivity index (χ3n) is 4.46. The minimum Gasteiger partial charge on any atom is -0.426 e. The zero-order valence-corrected chi connectivity index (χ0v) is 16.6. The fourth-order valence-electron chi connectivity index (χ4n) is 2.92. The molecular weight excluding hydrogens is 388 g/mol. The molecule has 1 aliphatic heterocycles. The second-order valence-corrected chi connectivity index (χ2v) is 6.49. The van der Waals surface area contributed by atoms with Crippen LogP contribution < -0.4 is 10.5 Å². The molecule has 2 N–H and O–H groups in total. The molecule has 0 fully saturated rings. The number of imide groups is 1. The predicted molar refractivity (Wildman–Crippen MR) is 108 cm³/mol. The van der Waals surface area contributed by atoms with Crippen LogP contribution in [0.4, 0.5) is 10.5 Å². The lowest BCUT2D eigenvalue weighted by Crippen LogP contribution is -2.55. The van der Waals surface area contributed by atoms with Crippen LogP contribution in [-0.2, 0) is 9.59 Å². The van der Waals surface area contributed by atoms with Crippen molar-refractivity contribution in [3.05, 3.63) is 59.7 Å². The number of hydrogen-bond acceptors (Lipinski definition) is 6. The highest BCUT2D eigenvalue weighted by atomic mass is 16.5. The maximum absolute atomic E-state index is 12.8. The van der Waals surface area contributed by atoms with Crippen LogP contribution in [0.25, 0.3) is 0 Å². The van der Waals surface area contributed by atoms with Gasteiger partial charge in [0.2, 0.25) is 5.71 Å². The van der Waals surface area contributed by atoms with Gasteiger partial charge in [0.05, 0.1) is 7.05 Å². The van der Waals surface area contributed by atoms with Crippen LogP contribution in [0.2, 0.25) is 0 Å². The summed E-state index contributed by atoms with van der Waals surface area (Å²) in [6.45, 7) is 2.84. The zero-order chi connectivity index (χ0) is 22.0. The summed E-state index contributed by atoms with van der Waals surface area (Å²) in [5.74, 6) is -2.14. The predicted octanol–water partition coefficient (Wildman–Crippen LogP) is 1.79. The van der Waals surface area contributed by atoms with Crippen molar-refractivity contribution in [2.24, 2.45) is 10.7 Å². The molecule has 4 amide bonds. The maximum Gasteiger partial charge on any atom is 0.451 e. The third kappa shape index (κ3) is 3.72. The van der Waals surface area contributed by atoms with Gasteiger partial charge in [0.15, 0.2) is 0 Å². The van der Waals surface area contributed by atoms with Crippen LogP contribution in [0.15, 0.2) is 53.5 Å². The number of carbonyl (C=O) groups excluding carboxylic acids is 4. The molecule has 9 heteroatoms. The van der Waals surface area contributed by atoms with E-state index < -0.39 is 23.8 Å². The number of aliphatic imine (C=N–C) groups is 1. The summed E-state index contributed by atoms with van der Waals surface area (Å²) in [5, 5.41) is 0. The van der Waals surface area contributed by atoms with E-state index in [-0.39, 0.29) is 22.9 Å². The Morgan fingerprint density at radius 2 is 1.73 bits per heavy atom. The largest absolute Gasteiger partial charge is 0.451 e. The highest BCUT2D eigenvalue weighted by Crippen LogP contribution is 2.23. The number of carbonyl (C=O) groups is 4. The number of benzene rings is 2. The lowest BCUT2D eigenvalue weighted by Gasteiger charge is -2.20. The molecule has 152 valence electrons. The van der Waals surface area contributed by atoms with Gasteiger partial charge in [-0.15, -0.1) is 0 Å². The van der Waals surface area contributed by atoms with Gasteiger partial charge in [-0.1, -0.05) is 24.3 Å². The number of rotatable bonds is 3. The smallest absolute Gasteiger partial charge is 0.426 e. The third-order valence-corrected chi connectivity index (χ3v) is 4.46. The Hall–Kier alpha value is -4.14. The van der Waals surface area contributed by atoms with E-state index in [9.17, 15) is 19.2 Å². The van der Waals surface area contributed by atoms with Gasteiger partial charge >= 0.3 is 17.9 Å². The molecule has 3 rings (SSSR count). The van der Waals surface area contributed by atoms with E-state index in [4.69, 9.17) is 10.5 Å². The number of amides is 4. The first-order chi connectivity index (χ1) is 14.2. The van der Waals surface area contributed by atoms with E-state index in [1.807, 2.05) is 0 Å². The molecule has 0 aromatic heterocycles. The molecular formula is C21H19N4O5+. The average Bonchev–Trinajstić information content (AvgIpc) is 2.71. The minimum atomic E-state index is -0.799. The Kier molecular flexibility index (Phi) is 5.54. The summed E-state index contributed by atoms with van der Waals surface area (Å²) >= 11 is 0. The van der Waals surface area contributed by atoms with Crippen molar-refractivity contribution < 1.29 is 28.5 Å². The highest BCUT2D eigenvalue weighted by molar-refractivity contribution is 6.68. The number of amidine groups is 1. The molecule has 30 heavy (non-hydrogen) atoms. The number of para-hydroxylation sites is 1. The molecule has 0 radical (unpaired) electrons. The topological polar surface area (TPSA) is 122 Å². The number of urea groups is 1. The fraction of sp³-hybridized carbons (Fsp3) is 0.143. The maximum atomic E-state index is 12.8. The van der Waals surface area contributed by atoms with Gasteiger partial charge in [-0.25, -0.2) is 9.59 Å². The first kappa shape index (κ1) is 20.6. The van der Waals surface area contributed by atoms with Crippen LogP contribution in [-0.4, -0.2) is 51.9 Å². The number of nitrogens with zero attached hydrogens (tertiary/aromatic N) is 3. The SMILES string of the molecule is CC(=O)Oc1cccc(C(=O)N=C2C(=O)N(C)C(=O)[N+](c3ccccc3)=C2N)c1C. The average molecular weight is 407 g/mol. The number of hydrogen-bond donors (Lipinski definition) is 1. The second kappa shape index (κ2) is 8.08. The molecule has 1 aliphatic rings. The van der Waals surface area contributed by atoms with Crippen molar-refractivity contribution in [2.75, 3.05) is 7.05 Å². The van der Waals surface area contributed by atoms with E-state index in [1.54, 1.807) is 37.3 Å². The Morgan fingerprint density at radius 1 is 1.07 bits per heavy atom. The standard InChI is InChI=1S/C21H18N4O5/c1-12-15(10-7-11-16(12)30-13(2)26)19(27)23-17-18(22)25(14-8-5-4-6-9-14)21(29)24(3)20(17)28/h4-11,22H,1-3H3/p+1. The quantitative estimate of drug-likeness (QED) is 0.470. The summed E-state index contributed by atoms with van der Waals surface area (Å²) in [5.41, 5.74) is 6.66. The van der Waals surface area contributed by atoms with Gasteiger partial charge in [0.1, 0.15) is 11.4 Å². The van der Waals surface area contributed by atoms with Gasteiger partial charge < -0.3 is 10.5 Å². The zero-order valence-electron chi connectivity index (χ0n) is 16.6. The van der Waals surface area contributed by atoms with Crippen molar-refractivity contribution in [2.45, 2.75) is 13.8 Å². The van der Waals surface area contributed by atoms with Gasteiger partial charge in [-0.2, -0.15) is 14.5 Å². The van der Waals surface area contributed by atoms with Gasteiger partial charge in [0.25, 0.3) is 11.7 Å². The molecule has 0 saturated heterocycles. The molecule has 0 saturated carbocycles. The van der Waals surface area contributed by atoms with Crippen LogP contribution in [0, 0.1) is 6.92 Å². The van der Waals surface area contributed by atoms with Crippen molar-refractivity contribution in [3.8, 4) is 5.75 Å². The number of esters is 1. The normalized spacial score (nSPS) is 15.6. The van der Waals surface area contributed by atoms with Gasteiger partial charge in [-0.05, 0) is 31.2 Å². The monoisotopic (exact) mass is 407 g/mol. The molecule has 0 spiro atoms. The molecule has 0 atom stereocenters. The van der Waals surface area contributed by atoms with Crippen LogP contribution >= 0.6 is 0 Å². The minimum absolute atomic E-state index is 0.132. The lowest BCUT2D eigenvalue weighted by atomic mass is 10.1. The Bertz CT molecular complexity index is 1140. The summed E-state index contributed by atoms with van der Waals surface area (Å²) in [4.78, 5) is 54.0. The number of nitrogens with two attached hydrogens (primary N) is 1. The Morgan fingerprint density at radius 3 is 2.37 bits per heavy atom. The van der Waals surface area contributed by atoms with Crippen molar-refractivity contribution >= 4 is 41.0 Å². The first-order valence-corrected chi connectivity index (χ1v) is 8.93. The lowest BCUT2D eigenvalue weighted by molar-refractivity contribution is -0.342. The highest BCUT2D eigenvalue weighted by Gasteiger charge is 2.42. The Balaban J connectivity index is 2.10. The van der Waals surface area contributed by atoms with Crippen LogP contribution in [0.5, 0.6) is 5.75 Å². The first-order valence-electron chi connectivity index (χ1n) is 8.93. The summed E-state index contributed by atoms with van der Waals surface area (Å²) in [7, 11) is 1.28. The van der Waals surface area contributed by atoms with E-state index >= 15 is 0 Å². The van der Waals surface area contributed by atoms with E-state index in [2.05, 4.69) is 4.99 Å². The summed E-state index contributed by atoms with van der Waals surface area (Å²) < 4.78 is 6.18. The molecule has 0 bridgehead atoms. The molecule has 2 aromatic rings. The van der Waals surface area contributed by atoms with Crippen molar-refractivity contribution in [3.63, 3.8) is 0 Å². The molecule has 9 nitrogen and oxygen atoms in total. The fourth-order valence-corrected chi connectivity index (χ4v) is 2.92. The summed E-state index contributed by atoms with van der Waals surface area (Å²) in [6, 6.07) is 12.3. The van der Waals surface area contributed by atoms with E-state index in [0.717, 1.165) is 9.48 Å². The number of ether oxygens (including phenoxy) is 1. The molecule has 1 heterocycles. The molecule has 0 unspecified atom stereocenters. The van der Waals surface area contributed by atoms with E-state index in [1.165, 1.54) is 32.2 Å². The van der Waals surface area contributed by atoms with Crippen molar-refractivity contribution in [1.82, 2.24) is 4.90 Å². The second-order valence-electron chi connectivity index (χ2n) is 6.49. The van der Waals surface area contributed by atoms with E-state index in [0.29, 0.717) is 11.3 Å². The van der Waals surface area contributed by atoms with Gasteiger partial charge in [-0.3, -0.25) is 9.59 Å². The summed E-state index contributed by atoms with van der Waals surface area (Å²) in [6.07, 6.45) is 0. The molecule has 2 aromatic carbocycles. The van der Waals surface area contributed by atoms with Crippen molar-refractivity contribution in [1.29, 1.82) is 0 Å².